The second kappa shape index (κ2) is 10.5. The molecular weight excluding hydrogens is 455 g/mol. The van der Waals surface area contributed by atoms with Crippen LogP contribution in [0, 0.1) is 23.1 Å². The van der Waals surface area contributed by atoms with E-state index in [1.54, 1.807) is 29.5 Å². The Morgan fingerprint density at radius 2 is 2.15 bits per heavy atom. The number of rotatable bonds is 7. The van der Waals surface area contributed by atoms with Crippen LogP contribution < -0.4 is 4.74 Å². The minimum atomic E-state index is -1.15. The molecule has 1 aliphatic heterocycles. The van der Waals surface area contributed by atoms with Crippen molar-refractivity contribution in [3.63, 3.8) is 0 Å². The van der Waals surface area contributed by atoms with Crippen molar-refractivity contribution in [2.75, 3.05) is 26.7 Å². The average Bonchev–Trinajstić information content (AvgIpc) is 3.36. The van der Waals surface area contributed by atoms with Crippen molar-refractivity contribution >= 4 is 28.2 Å². The fourth-order valence-corrected chi connectivity index (χ4v) is 5.08. The predicted molar refractivity (Wildman–Crippen MR) is 129 cm³/mol. The van der Waals surface area contributed by atoms with Gasteiger partial charge in [-0.05, 0) is 55.3 Å². The molecule has 0 bridgehead atoms. The van der Waals surface area contributed by atoms with Crippen LogP contribution in [-0.2, 0) is 4.79 Å². The number of carboxylic acids is 1. The van der Waals surface area contributed by atoms with Crippen LogP contribution in [0.2, 0.25) is 0 Å². The topological polar surface area (TPSA) is 82.9 Å². The van der Waals surface area contributed by atoms with Crippen LogP contribution in [0.3, 0.4) is 0 Å². The molecule has 1 atom stereocenters. The summed E-state index contributed by atoms with van der Waals surface area (Å²) in [6, 6.07) is 9.01. The number of fused-ring (bicyclic) bond motifs is 1. The van der Waals surface area contributed by atoms with Gasteiger partial charge in [0.25, 0.3) is 0 Å². The summed E-state index contributed by atoms with van der Waals surface area (Å²) in [4.78, 5) is 19.5. The van der Waals surface area contributed by atoms with Crippen molar-refractivity contribution in [1.29, 1.82) is 0 Å². The summed E-state index contributed by atoms with van der Waals surface area (Å²) in [5.74, 6) is 5.34. The van der Waals surface area contributed by atoms with E-state index >= 15 is 0 Å². The zero-order chi connectivity index (χ0) is 24.1. The molecule has 0 aliphatic carbocycles. The van der Waals surface area contributed by atoms with Crippen molar-refractivity contribution in [1.82, 2.24) is 9.88 Å². The quantitative estimate of drug-likeness (QED) is 0.484. The molecule has 0 unspecified atom stereocenters. The monoisotopic (exact) mass is 482 g/mol. The Labute approximate surface area is 202 Å². The molecule has 0 radical (unpaired) electrons. The number of piperidine rings is 1. The summed E-state index contributed by atoms with van der Waals surface area (Å²) in [6.45, 7) is 1.82. The number of aliphatic hydroxyl groups is 1. The number of nitrogens with zero attached hydrogens (tertiary/aromatic N) is 2. The van der Waals surface area contributed by atoms with Gasteiger partial charge in [-0.1, -0.05) is 17.9 Å². The van der Waals surface area contributed by atoms with E-state index < -0.39 is 23.3 Å². The highest BCUT2D eigenvalue weighted by Crippen LogP contribution is 2.40. The first kappa shape index (κ1) is 24.1. The summed E-state index contributed by atoms with van der Waals surface area (Å²) in [5.41, 5.74) is -0.276. The number of carbonyl (C=O) groups is 1. The molecule has 2 aromatic heterocycles. The van der Waals surface area contributed by atoms with Crippen molar-refractivity contribution in [3.05, 3.63) is 58.2 Å². The minimum absolute atomic E-state index is 0.130. The number of pyridine rings is 1. The Morgan fingerprint density at radius 3 is 2.82 bits per heavy atom. The summed E-state index contributed by atoms with van der Waals surface area (Å²) in [7, 11) is 1.51. The third-order valence-corrected chi connectivity index (χ3v) is 7.39. The lowest BCUT2D eigenvalue weighted by molar-refractivity contribution is -0.153. The maximum atomic E-state index is 14.7. The van der Waals surface area contributed by atoms with Gasteiger partial charge in [0, 0.05) is 24.0 Å². The van der Waals surface area contributed by atoms with Gasteiger partial charge in [0.2, 0.25) is 0 Å². The van der Waals surface area contributed by atoms with Gasteiger partial charge in [-0.25, -0.2) is 4.39 Å². The van der Waals surface area contributed by atoms with Crippen LogP contribution in [0.4, 0.5) is 4.39 Å². The largest absolute Gasteiger partial charge is 0.497 e. The lowest BCUT2D eigenvalue weighted by Crippen LogP contribution is -2.44. The van der Waals surface area contributed by atoms with E-state index in [1.165, 1.54) is 7.11 Å². The molecule has 6 nitrogen and oxygen atoms in total. The SMILES string of the molecule is COc1ccc2ncc(F)c([C@H](O)CCC3(C(=O)O)CCN(CC#Cc4cccs4)CC3)c2c1. The molecule has 3 heterocycles. The number of aliphatic carboxylic acids is 1. The Balaban J connectivity index is 1.43. The standard InChI is InChI=1S/C26H27FN2O4S/c1-33-18-6-7-22-20(16-18)24(21(27)17-28-22)23(30)8-9-26(25(31)32)10-13-29(14-11-26)12-2-4-19-5-3-15-34-19/h3,5-7,15-17,23,30H,8-14H2,1H3,(H,31,32)/t23-/m1/s1. The molecule has 4 rings (SSSR count). The van der Waals surface area contributed by atoms with Crippen molar-refractivity contribution in [3.8, 4) is 17.6 Å². The highest BCUT2D eigenvalue weighted by molar-refractivity contribution is 7.10. The summed E-state index contributed by atoms with van der Waals surface area (Å²) in [5, 5.41) is 23.4. The zero-order valence-corrected chi connectivity index (χ0v) is 19.8. The average molecular weight is 483 g/mol. The Kier molecular flexibility index (Phi) is 7.47. The van der Waals surface area contributed by atoms with Crippen LogP contribution in [0.15, 0.2) is 41.9 Å². The number of thiophene rings is 1. The van der Waals surface area contributed by atoms with Gasteiger partial charge in [0.15, 0.2) is 0 Å². The Bertz CT molecular complexity index is 1210. The number of methoxy groups -OCH3 is 1. The van der Waals surface area contributed by atoms with E-state index in [1.807, 2.05) is 17.5 Å². The molecule has 178 valence electrons. The van der Waals surface area contributed by atoms with Gasteiger partial charge >= 0.3 is 5.97 Å². The summed E-state index contributed by atoms with van der Waals surface area (Å²) >= 11 is 1.59. The van der Waals surface area contributed by atoms with E-state index in [0.717, 1.165) is 11.1 Å². The lowest BCUT2D eigenvalue weighted by Gasteiger charge is -2.38. The van der Waals surface area contributed by atoms with Gasteiger partial charge < -0.3 is 14.9 Å². The number of benzene rings is 1. The Morgan fingerprint density at radius 1 is 1.35 bits per heavy atom. The van der Waals surface area contributed by atoms with E-state index in [-0.39, 0.29) is 18.4 Å². The number of carboxylic acid groups (broad SMARTS) is 1. The van der Waals surface area contributed by atoms with E-state index in [9.17, 15) is 19.4 Å². The highest BCUT2D eigenvalue weighted by atomic mass is 32.1. The number of hydrogen-bond donors (Lipinski definition) is 2. The number of likely N-dealkylation sites (tertiary alicyclic amines) is 1. The number of ether oxygens (including phenoxy) is 1. The van der Waals surface area contributed by atoms with Gasteiger partial charge in [-0.2, -0.15) is 0 Å². The smallest absolute Gasteiger partial charge is 0.309 e. The lowest BCUT2D eigenvalue weighted by atomic mass is 9.74. The number of aromatic nitrogens is 1. The van der Waals surface area contributed by atoms with Gasteiger partial charge in [0.05, 0.1) is 41.8 Å². The predicted octanol–water partition coefficient (Wildman–Crippen LogP) is 4.48. The second-order valence-corrected chi connectivity index (χ2v) is 9.55. The number of hydrogen-bond acceptors (Lipinski definition) is 6. The van der Waals surface area contributed by atoms with Crippen molar-refractivity contribution in [2.24, 2.45) is 5.41 Å². The second-order valence-electron chi connectivity index (χ2n) is 8.60. The van der Waals surface area contributed by atoms with Gasteiger partial charge in [-0.15, -0.1) is 11.3 Å². The van der Waals surface area contributed by atoms with Gasteiger partial charge in [0.1, 0.15) is 11.6 Å². The van der Waals surface area contributed by atoms with E-state index in [0.29, 0.717) is 49.1 Å². The van der Waals surface area contributed by atoms with Crippen LogP contribution in [-0.4, -0.2) is 52.8 Å². The highest BCUT2D eigenvalue weighted by Gasteiger charge is 2.41. The van der Waals surface area contributed by atoms with Crippen LogP contribution >= 0.6 is 11.3 Å². The van der Waals surface area contributed by atoms with E-state index in [2.05, 4.69) is 21.7 Å². The molecule has 0 amide bonds. The number of aliphatic hydroxyl groups excluding tert-OH is 1. The van der Waals surface area contributed by atoms with Crippen LogP contribution in [0.1, 0.15) is 42.2 Å². The molecular formula is C26H27FN2O4S. The number of halogens is 1. The van der Waals surface area contributed by atoms with Crippen LogP contribution in [0.5, 0.6) is 5.75 Å². The van der Waals surface area contributed by atoms with Crippen molar-refractivity contribution in [2.45, 2.75) is 31.8 Å². The maximum Gasteiger partial charge on any atom is 0.309 e. The first-order valence-electron chi connectivity index (χ1n) is 11.2. The molecule has 1 aliphatic rings. The van der Waals surface area contributed by atoms with Crippen LogP contribution in [0.25, 0.3) is 10.9 Å². The molecule has 0 saturated carbocycles. The molecule has 2 N–H and O–H groups in total. The first-order valence-corrected chi connectivity index (χ1v) is 12.1. The molecule has 34 heavy (non-hydrogen) atoms. The molecule has 8 heteroatoms. The van der Waals surface area contributed by atoms with Crippen molar-refractivity contribution < 1.29 is 24.1 Å². The normalized spacial score (nSPS) is 16.6. The minimum Gasteiger partial charge on any atom is -0.497 e. The first-order chi connectivity index (χ1) is 16.4. The molecule has 3 aromatic rings. The fourth-order valence-electron chi connectivity index (χ4n) is 4.49. The summed E-state index contributed by atoms with van der Waals surface area (Å²) in [6.07, 6.45) is 1.26. The fraction of sp³-hybridized carbons (Fsp3) is 0.385. The molecule has 0 spiro atoms. The van der Waals surface area contributed by atoms with Gasteiger partial charge in [-0.3, -0.25) is 14.7 Å². The summed E-state index contributed by atoms with van der Waals surface area (Å²) < 4.78 is 19.9. The molecule has 1 saturated heterocycles. The van der Waals surface area contributed by atoms with E-state index in [4.69, 9.17) is 4.74 Å². The maximum absolute atomic E-state index is 14.7. The third-order valence-electron chi connectivity index (χ3n) is 6.60. The zero-order valence-electron chi connectivity index (χ0n) is 19.0. The molecule has 1 fully saturated rings. The molecule has 1 aromatic carbocycles. The Hall–Kier alpha value is -2.99. The third kappa shape index (κ3) is 5.22.